The molecule has 0 aliphatic carbocycles. The zero-order chi connectivity index (χ0) is 24.4. The Hall–Kier alpha value is -0.723. The van der Waals surface area contributed by atoms with Crippen molar-refractivity contribution in [2.45, 2.75) is 116 Å². The van der Waals surface area contributed by atoms with Crippen LogP contribution in [0.15, 0.2) is 30.3 Å². The molecule has 0 radical (unpaired) electrons. The van der Waals surface area contributed by atoms with Crippen LogP contribution in [0.5, 0.6) is 0 Å². The SMILES string of the molecule is COCO[C@H](CCCCCCCCCOCc1ccccc1)CCCO[Si](C)(C)C(C)(C)C. The second-order valence-corrected chi connectivity index (χ2v) is 15.6. The molecule has 0 saturated carbocycles. The Balaban J connectivity index is 2.03. The summed E-state index contributed by atoms with van der Waals surface area (Å²) >= 11 is 0. The van der Waals surface area contributed by atoms with Crippen LogP contribution in [0, 0.1) is 0 Å². The van der Waals surface area contributed by atoms with Gasteiger partial charge in [0.15, 0.2) is 8.32 Å². The predicted octanol–water partition coefficient (Wildman–Crippen LogP) is 8.12. The van der Waals surface area contributed by atoms with Crippen molar-refractivity contribution in [3.63, 3.8) is 0 Å². The van der Waals surface area contributed by atoms with Crippen LogP contribution in [-0.2, 0) is 25.2 Å². The normalized spacial score (nSPS) is 13.4. The molecule has 1 aromatic rings. The number of hydrogen-bond acceptors (Lipinski definition) is 4. The first kappa shape index (κ1) is 30.3. The first-order valence-electron chi connectivity index (χ1n) is 13.1. The Morgan fingerprint density at radius 2 is 1.39 bits per heavy atom. The zero-order valence-corrected chi connectivity index (χ0v) is 23.5. The average Bonchev–Trinajstić information content (AvgIpc) is 2.77. The van der Waals surface area contributed by atoms with E-state index in [0.29, 0.717) is 6.79 Å². The minimum atomic E-state index is -1.65. The number of rotatable bonds is 20. The van der Waals surface area contributed by atoms with E-state index in [1.54, 1.807) is 7.11 Å². The van der Waals surface area contributed by atoms with E-state index in [1.807, 2.05) is 6.07 Å². The van der Waals surface area contributed by atoms with E-state index in [9.17, 15) is 0 Å². The van der Waals surface area contributed by atoms with Gasteiger partial charge >= 0.3 is 0 Å². The molecule has 0 heterocycles. The molecule has 5 heteroatoms. The Morgan fingerprint density at radius 1 is 0.788 bits per heavy atom. The Bertz CT molecular complexity index is 571. The zero-order valence-electron chi connectivity index (χ0n) is 22.5. The molecule has 4 nitrogen and oxygen atoms in total. The van der Waals surface area contributed by atoms with Crippen LogP contribution in [0.1, 0.15) is 90.5 Å². The fourth-order valence-corrected chi connectivity index (χ4v) is 4.64. The number of benzene rings is 1. The molecule has 1 rings (SSSR count). The predicted molar refractivity (Wildman–Crippen MR) is 142 cm³/mol. The smallest absolute Gasteiger partial charge is 0.191 e. The van der Waals surface area contributed by atoms with Crippen LogP contribution in [-0.4, -0.2) is 41.5 Å². The second kappa shape index (κ2) is 17.7. The van der Waals surface area contributed by atoms with Gasteiger partial charge in [0.1, 0.15) is 6.79 Å². The molecule has 0 saturated heterocycles. The number of hydrogen-bond donors (Lipinski definition) is 0. The highest BCUT2D eigenvalue weighted by Gasteiger charge is 2.36. The number of unbranched alkanes of at least 4 members (excludes halogenated alkanes) is 6. The van der Waals surface area contributed by atoms with E-state index < -0.39 is 8.32 Å². The van der Waals surface area contributed by atoms with Crippen molar-refractivity contribution in [2.75, 3.05) is 27.1 Å². The molecule has 0 unspecified atom stereocenters. The van der Waals surface area contributed by atoms with Gasteiger partial charge in [-0.3, -0.25) is 0 Å². The largest absolute Gasteiger partial charge is 0.417 e. The standard InChI is InChI=1S/C28H52O4Si/c1-28(2,3)33(5,6)32-23-17-21-27(31-25-29-4)20-15-10-8-7-9-11-16-22-30-24-26-18-13-12-14-19-26/h12-14,18-19,27H,7-11,15-17,20-25H2,1-6H3/t27-/m1/s1. The summed E-state index contributed by atoms with van der Waals surface area (Å²) in [7, 11) is 0.0524. The van der Waals surface area contributed by atoms with Crippen molar-refractivity contribution in [2.24, 2.45) is 0 Å². The lowest BCUT2D eigenvalue weighted by atomic mass is 10.0. The Kier molecular flexibility index (Phi) is 16.2. The van der Waals surface area contributed by atoms with Crippen LogP contribution in [0.4, 0.5) is 0 Å². The van der Waals surface area contributed by atoms with Gasteiger partial charge in [0.05, 0.1) is 12.7 Å². The van der Waals surface area contributed by atoms with Crippen LogP contribution < -0.4 is 0 Å². The van der Waals surface area contributed by atoms with Gasteiger partial charge in [-0.15, -0.1) is 0 Å². The topological polar surface area (TPSA) is 36.9 Å². The molecule has 0 bridgehead atoms. The highest BCUT2D eigenvalue weighted by atomic mass is 28.4. The molecule has 33 heavy (non-hydrogen) atoms. The third-order valence-corrected chi connectivity index (χ3v) is 11.3. The van der Waals surface area contributed by atoms with Gasteiger partial charge in [0.25, 0.3) is 0 Å². The van der Waals surface area contributed by atoms with Gasteiger partial charge < -0.3 is 18.6 Å². The summed E-state index contributed by atoms with van der Waals surface area (Å²) in [6.45, 7) is 14.4. The molecule has 192 valence electrons. The third-order valence-electron chi connectivity index (χ3n) is 6.79. The molecule has 0 spiro atoms. The maximum absolute atomic E-state index is 6.32. The van der Waals surface area contributed by atoms with Crippen LogP contribution in [0.3, 0.4) is 0 Å². The molecule has 0 N–H and O–H groups in total. The first-order chi connectivity index (χ1) is 15.8. The number of methoxy groups -OCH3 is 1. The summed E-state index contributed by atoms with van der Waals surface area (Å²) in [6.07, 6.45) is 12.4. The summed E-state index contributed by atoms with van der Waals surface area (Å²) in [6, 6.07) is 10.4. The van der Waals surface area contributed by atoms with Gasteiger partial charge in [0.2, 0.25) is 0 Å². The summed E-state index contributed by atoms with van der Waals surface area (Å²) < 4.78 is 23.2. The molecule has 1 aromatic carbocycles. The molecule has 0 amide bonds. The maximum atomic E-state index is 6.32. The monoisotopic (exact) mass is 480 g/mol. The maximum Gasteiger partial charge on any atom is 0.191 e. The summed E-state index contributed by atoms with van der Waals surface area (Å²) in [5.74, 6) is 0. The highest BCUT2D eigenvalue weighted by molar-refractivity contribution is 6.74. The molecule has 1 atom stereocenters. The van der Waals surface area contributed by atoms with Crippen molar-refractivity contribution in [1.29, 1.82) is 0 Å². The number of ether oxygens (including phenoxy) is 3. The molecule has 0 aliphatic rings. The molecular formula is C28H52O4Si. The highest BCUT2D eigenvalue weighted by Crippen LogP contribution is 2.36. The van der Waals surface area contributed by atoms with E-state index in [4.69, 9.17) is 18.6 Å². The quantitative estimate of drug-likeness (QED) is 0.107. The van der Waals surface area contributed by atoms with E-state index in [2.05, 4.69) is 58.1 Å². The molecule has 0 fully saturated rings. The lowest BCUT2D eigenvalue weighted by Crippen LogP contribution is -2.41. The fourth-order valence-electron chi connectivity index (χ4n) is 3.55. The Labute approximate surface area is 205 Å². The van der Waals surface area contributed by atoms with Crippen molar-refractivity contribution >= 4 is 8.32 Å². The van der Waals surface area contributed by atoms with Gasteiger partial charge in [-0.25, -0.2) is 0 Å². The minimum Gasteiger partial charge on any atom is -0.417 e. The van der Waals surface area contributed by atoms with E-state index in [-0.39, 0.29) is 11.1 Å². The van der Waals surface area contributed by atoms with E-state index in [1.165, 1.54) is 44.1 Å². The summed E-state index contributed by atoms with van der Waals surface area (Å²) in [5, 5.41) is 0.272. The minimum absolute atomic E-state index is 0.272. The lowest BCUT2D eigenvalue weighted by molar-refractivity contribution is -0.0782. The van der Waals surface area contributed by atoms with Gasteiger partial charge in [0, 0.05) is 20.3 Å². The molecular weight excluding hydrogens is 428 g/mol. The third kappa shape index (κ3) is 15.0. The Morgan fingerprint density at radius 3 is 2.03 bits per heavy atom. The first-order valence-corrected chi connectivity index (χ1v) is 16.0. The lowest BCUT2D eigenvalue weighted by Gasteiger charge is -2.36. The van der Waals surface area contributed by atoms with Crippen molar-refractivity contribution in [3.8, 4) is 0 Å². The van der Waals surface area contributed by atoms with E-state index in [0.717, 1.165) is 45.5 Å². The average molecular weight is 481 g/mol. The fraction of sp³-hybridized carbons (Fsp3) is 0.786. The van der Waals surface area contributed by atoms with Gasteiger partial charge in [-0.05, 0) is 49.4 Å². The van der Waals surface area contributed by atoms with Crippen LogP contribution >= 0.6 is 0 Å². The van der Waals surface area contributed by atoms with Crippen LogP contribution in [0.2, 0.25) is 18.1 Å². The second-order valence-electron chi connectivity index (χ2n) is 10.7. The van der Waals surface area contributed by atoms with Crippen molar-refractivity contribution < 1.29 is 18.6 Å². The summed E-state index contributed by atoms with van der Waals surface area (Å²) in [4.78, 5) is 0. The van der Waals surface area contributed by atoms with Gasteiger partial charge in [-0.1, -0.05) is 89.6 Å². The van der Waals surface area contributed by atoms with Crippen molar-refractivity contribution in [1.82, 2.24) is 0 Å². The van der Waals surface area contributed by atoms with Crippen LogP contribution in [0.25, 0.3) is 0 Å². The summed E-state index contributed by atoms with van der Waals surface area (Å²) in [5.41, 5.74) is 1.26. The van der Waals surface area contributed by atoms with E-state index >= 15 is 0 Å². The van der Waals surface area contributed by atoms with Crippen molar-refractivity contribution in [3.05, 3.63) is 35.9 Å². The molecule has 0 aliphatic heterocycles. The van der Waals surface area contributed by atoms with Gasteiger partial charge in [-0.2, -0.15) is 0 Å². The molecule has 0 aromatic heterocycles.